The van der Waals surface area contributed by atoms with E-state index >= 15 is 0 Å². The lowest BCUT2D eigenvalue weighted by Crippen LogP contribution is -2.12. The lowest BCUT2D eigenvalue weighted by atomic mass is 10.0. The average Bonchev–Trinajstić information content (AvgIpc) is 3.02. The van der Waals surface area contributed by atoms with Crippen molar-refractivity contribution in [2.75, 3.05) is 0 Å². The fourth-order valence-corrected chi connectivity index (χ4v) is 4.68. The normalized spacial score (nSPS) is 12.5. The summed E-state index contributed by atoms with van der Waals surface area (Å²) in [6, 6.07) is 8.60. The highest BCUT2D eigenvalue weighted by Gasteiger charge is 2.23. The van der Waals surface area contributed by atoms with Crippen LogP contribution >= 0.6 is 15.9 Å². The predicted molar refractivity (Wildman–Crippen MR) is 115 cm³/mol. The molecule has 0 fully saturated rings. The summed E-state index contributed by atoms with van der Waals surface area (Å²) < 4.78 is 28.5. The van der Waals surface area contributed by atoms with E-state index in [0.717, 1.165) is 26.6 Å². The van der Waals surface area contributed by atoms with Gasteiger partial charge in [-0.15, -0.1) is 0 Å². The minimum atomic E-state index is -3.80. The third-order valence-electron chi connectivity index (χ3n) is 4.52. The fraction of sp³-hybridized carbons (Fsp3) is 0.238. The number of hydrogen-bond acceptors (Lipinski definition) is 4. The van der Waals surface area contributed by atoms with Gasteiger partial charge in [-0.1, -0.05) is 30.7 Å². The van der Waals surface area contributed by atoms with E-state index in [9.17, 15) is 13.2 Å². The summed E-state index contributed by atoms with van der Waals surface area (Å²) in [4.78, 5) is 16.0. The highest BCUT2D eigenvalue weighted by Crippen LogP contribution is 2.32. The van der Waals surface area contributed by atoms with Gasteiger partial charge in [-0.05, 0) is 60.0 Å². The first-order valence-electron chi connectivity index (χ1n) is 8.91. The molecule has 0 amide bonds. The lowest BCUT2D eigenvalue weighted by molar-refractivity contribution is -0.116. The highest BCUT2D eigenvalue weighted by atomic mass is 79.9. The van der Waals surface area contributed by atoms with Crippen molar-refractivity contribution in [2.45, 2.75) is 38.5 Å². The van der Waals surface area contributed by atoms with E-state index < -0.39 is 10.0 Å². The zero-order valence-corrected chi connectivity index (χ0v) is 18.3. The van der Waals surface area contributed by atoms with Crippen molar-refractivity contribution in [1.29, 1.82) is 0 Å². The molecular formula is C21H21BrN2O3S. The fourth-order valence-electron chi connectivity index (χ4n) is 3.03. The molecular weight excluding hydrogens is 440 g/mol. The number of hydrogen-bond donors (Lipinski definition) is 0. The van der Waals surface area contributed by atoms with Gasteiger partial charge in [0.25, 0.3) is 10.0 Å². The molecule has 7 heteroatoms. The van der Waals surface area contributed by atoms with Gasteiger partial charge in [-0.3, -0.25) is 4.79 Å². The standard InChI is InChI=1S/C21H21BrN2O3S/c1-4-16(8-7-15(3)25)20-13-24(21-19(20)11-17(22)12-23-21)28(26,27)18-9-5-14(2)6-10-18/h5-6,8-13H,4,7H2,1-3H3/b16-8+. The van der Waals surface area contributed by atoms with Crippen molar-refractivity contribution in [3.05, 3.63) is 64.4 Å². The van der Waals surface area contributed by atoms with Crippen LogP contribution in [0.3, 0.4) is 0 Å². The number of aryl methyl sites for hydroxylation is 1. The molecule has 2 heterocycles. The molecule has 0 aliphatic heterocycles. The second-order valence-corrected chi connectivity index (χ2v) is 9.40. The van der Waals surface area contributed by atoms with Gasteiger partial charge in [-0.25, -0.2) is 17.4 Å². The number of aromatic nitrogens is 2. The number of Topliss-reactive ketones (excluding diaryl/α,β-unsaturated/α-hetero) is 1. The van der Waals surface area contributed by atoms with Gasteiger partial charge in [0.15, 0.2) is 5.65 Å². The SMILES string of the molecule is CC/C(=C\CC(C)=O)c1cn(S(=O)(=O)c2ccc(C)cc2)c2ncc(Br)cc12. The quantitative estimate of drug-likeness (QED) is 0.511. The molecule has 5 nitrogen and oxygen atoms in total. The van der Waals surface area contributed by atoms with Crippen molar-refractivity contribution < 1.29 is 13.2 Å². The van der Waals surface area contributed by atoms with E-state index in [0.29, 0.717) is 18.5 Å². The molecule has 0 unspecified atom stereocenters. The summed E-state index contributed by atoms with van der Waals surface area (Å²) in [5.74, 6) is 0.0567. The van der Waals surface area contributed by atoms with E-state index in [4.69, 9.17) is 0 Å². The average molecular weight is 461 g/mol. The maximum absolute atomic E-state index is 13.3. The Kier molecular flexibility index (Phi) is 5.86. The Hall–Kier alpha value is -2.25. The van der Waals surface area contributed by atoms with Crippen LogP contribution < -0.4 is 0 Å². The Labute approximate surface area is 173 Å². The Bertz CT molecular complexity index is 1180. The first-order valence-corrected chi connectivity index (χ1v) is 11.1. The molecule has 0 saturated heterocycles. The smallest absolute Gasteiger partial charge is 0.269 e. The third kappa shape index (κ3) is 3.95. The number of fused-ring (bicyclic) bond motifs is 1. The van der Waals surface area contributed by atoms with Gasteiger partial charge in [0.05, 0.1) is 4.90 Å². The second-order valence-electron chi connectivity index (χ2n) is 6.67. The Balaban J connectivity index is 2.26. The number of carbonyl (C=O) groups is 1. The van der Waals surface area contributed by atoms with Crippen LogP contribution in [0.2, 0.25) is 0 Å². The maximum Gasteiger partial charge on any atom is 0.269 e. The van der Waals surface area contributed by atoms with Crippen molar-refractivity contribution >= 4 is 48.3 Å². The van der Waals surface area contributed by atoms with Gasteiger partial charge in [0.2, 0.25) is 0 Å². The molecule has 146 valence electrons. The molecule has 3 rings (SSSR count). The molecule has 0 aliphatic rings. The molecule has 28 heavy (non-hydrogen) atoms. The van der Waals surface area contributed by atoms with E-state index in [1.807, 2.05) is 26.0 Å². The number of nitrogens with zero attached hydrogens (tertiary/aromatic N) is 2. The van der Waals surface area contributed by atoms with E-state index in [1.165, 1.54) is 10.9 Å². The molecule has 0 bridgehead atoms. The summed E-state index contributed by atoms with van der Waals surface area (Å²) >= 11 is 3.42. The van der Waals surface area contributed by atoms with E-state index in [-0.39, 0.29) is 10.7 Å². The molecule has 0 aliphatic carbocycles. The first-order chi connectivity index (χ1) is 13.2. The van der Waals surface area contributed by atoms with Crippen LogP contribution in [0.25, 0.3) is 16.6 Å². The van der Waals surface area contributed by atoms with E-state index in [1.54, 1.807) is 36.7 Å². The Morgan fingerprint density at radius 3 is 2.54 bits per heavy atom. The minimum absolute atomic E-state index is 0.0567. The number of allylic oxidation sites excluding steroid dienone is 2. The van der Waals surface area contributed by atoms with E-state index in [2.05, 4.69) is 20.9 Å². The number of benzene rings is 1. The van der Waals surface area contributed by atoms with Gasteiger partial charge < -0.3 is 0 Å². The van der Waals surface area contributed by atoms with Crippen LogP contribution in [0.15, 0.2) is 58.2 Å². The molecule has 0 N–H and O–H groups in total. The maximum atomic E-state index is 13.3. The molecule has 0 saturated carbocycles. The number of carbonyl (C=O) groups excluding carboxylic acids is 1. The van der Waals surface area contributed by atoms with Gasteiger partial charge in [0, 0.05) is 34.2 Å². The van der Waals surface area contributed by atoms with Gasteiger partial charge in [0.1, 0.15) is 5.78 Å². The molecule has 1 aromatic carbocycles. The molecule has 0 spiro atoms. The summed E-state index contributed by atoms with van der Waals surface area (Å²) in [6.45, 7) is 5.42. The summed E-state index contributed by atoms with van der Waals surface area (Å²) in [5, 5.41) is 0.724. The predicted octanol–water partition coefficient (Wildman–Crippen LogP) is 5.12. The minimum Gasteiger partial charge on any atom is -0.300 e. The first kappa shape index (κ1) is 20.5. The van der Waals surface area contributed by atoms with Crippen LogP contribution in [0.5, 0.6) is 0 Å². The van der Waals surface area contributed by atoms with Gasteiger partial charge >= 0.3 is 0 Å². The van der Waals surface area contributed by atoms with Crippen molar-refractivity contribution in [2.24, 2.45) is 0 Å². The van der Waals surface area contributed by atoms with Crippen LogP contribution in [-0.4, -0.2) is 23.2 Å². The Morgan fingerprint density at radius 2 is 1.93 bits per heavy atom. The molecule has 3 aromatic rings. The number of ketones is 1. The highest BCUT2D eigenvalue weighted by molar-refractivity contribution is 9.10. The van der Waals surface area contributed by atoms with Crippen LogP contribution in [0.1, 0.15) is 37.8 Å². The zero-order valence-electron chi connectivity index (χ0n) is 15.9. The largest absolute Gasteiger partial charge is 0.300 e. The van der Waals surface area contributed by atoms with Crippen LogP contribution in [0.4, 0.5) is 0 Å². The van der Waals surface area contributed by atoms with Gasteiger partial charge in [-0.2, -0.15) is 0 Å². The monoisotopic (exact) mass is 460 g/mol. The van der Waals surface area contributed by atoms with Crippen molar-refractivity contribution in [3.63, 3.8) is 0 Å². The lowest BCUT2D eigenvalue weighted by Gasteiger charge is -2.07. The summed E-state index contributed by atoms with van der Waals surface area (Å²) in [5.41, 5.74) is 3.03. The number of halogens is 1. The molecule has 2 aromatic heterocycles. The van der Waals surface area contributed by atoms with Crippen LogP contribution in [-0.2, 0) is 14.8 Å². The van der Waals surface area contributed by atoms with Crippen molar-refractivity contribution in [3.8, 4) is 0 Å². The number of pyridine rings is 1. The van der Waals surface area contributed by atoms with Crippen LogP contribution in [0, 0.1) is 6.92 Å². The summed E-state index contributed by atoms with van der Waals surface area (Å²) in [6.07, 6.45) is 6.03. The summed E-state index contributed by atoms with van der Waals surface area (Å²) in [7, 11) is -3.80. The Morgan fingerprint density at radius 1 is 1.25 bits per heavy atom. The van der Waals surface area contributed by atoms with Crippen molar-refractivity contribution in [1.82, 2.24) is 8.96 Å². The molecule has 0 radical (unpaired) electrons. The zero-order chi connectivity index (χ0) is 20.5. The second kappa shape index (κ2) is 8.01. The number of rotatable bonds is 6. The third-order valence-corrected chi connectivity index (χ3v) is 6.62. The topological polar surface area (TPSA) is 69.0 Å². The molecule has 0 atom stereocenters.